The van der Waals surface area contributed by atoms with Crippen LogP contribution in [0.1, 0.15) is 44.4 Å². The van der Waals surface area contributed by atoms with Crippen LogP contribution >= 0.6 is 0 Å². The normalized spacial score (nSPS) is 11.7. The van der Waals surface area contributed by atoms with E-state index in [9.17, 15) is 13.2 Å². The standard InChI is InChI=1S/C22H32N2O4S/c1-3-5-17-29(26,27)24(14-4-2)19-22(25)23(18-21-12-9-16-28-21)15-13-20-10-7-6-8-11-20/h6-12,16H,3-5,13-15,17-19H2,1-2H3. The number of hydrogen-bond donors (Lipinski definition) is 0. The molecule has 1 heterocycles. The van der Waals surface area contributed by atoms with E-state index in [1.54, 1.807) is 17.2 Å². The van der Waals surface area contributed by atoms with Gasteiger partial charge in [0.15, 0.2) is 0 Å². The van der Waals surface area contributed by atoms with Crippen LogP contribution in [0.2, 0.25) is 0 Å². The van der Waals surface area contributed by atoms with E-state index in [0.29, 0.717) is 44.7 Å². The minimum atomic E-state index is -3.44. The van der Waals surface area contributed by atoms with Crippen molar-refractivity contribution >= 4 is 15.9 Å². The first-order chi connectivity index (χ1) is 14.0. The summed E-state index contributed by atoms with van der Waals surface area (Å²) in [6.45, 7) is 4.93. The van der Waals surface area contributed by atoms with Crippen molar-refractivity contribution in [2.45, 2.75) is 46.1 Å². The number of nitrogens with zero attached hydrogens (tertiary/aromatic N) is 2. The van der Waals surface area contributed by atoms with E-state index >= 15 is 0 Å². The Balaban J connectivity index is 2.11. The summed E-state index contributed by atoms with van der Waals surface area (Å²) in [6, 6.07) is 13.5. The highest BCUT2D eigenvalue weighted by atomic mass is 32.2. The zero-order valence-electron chi connectivity index (χ0n) is 17.4. The van der Waals surface area contributed by atoms with Gasteiger partial charge in [-0.1, -0.05) is 50.6 Å². The molecule has 29 heavy (non-hydrogen) atoms. The van der Waals surface area contributed by atoms with Crippen LogP contribution in [0, 0.1) is 0 Å². The molecule has 0 aliphatic carbocycles. The van der Waals surface area contributed by atoms with E-state index in [1.807, 2.05) is 50.2 Å². The van der Waals surface area contributed by atoms with Gasteiger partial charge in [0.25, 0.3) is 0 Å². The van der Waals surface area contributed by atoms with Gasteiger partial charge in [0, 0.05) is 13.1 Å². The topological polar surface area (TPSA) is 70.8 Å². The number of benzene rings is 1. The highest BCUT2D eigenvalue weighted by molar-refractivity contribution is 7.89. The molecule has 1 aromatic heterocycles. The molecule has 0 radical (unpaired) electrons. The molecule has 1 aromatic carbocycles. The van der Waals surface area contributed by atoms with E-state index in [1.165, 1.54) is 4.31 Å². The predicted octanol–water partition coefficient (Wildman–Crippen LogP) is 3.69. The molecule has 0 aliphatic heterocycles. The summed E-state index contributed by atoms with van der Waals surface area (Å²) in [5.74, 6) is 0.562. The Morgan fingerprint density at radius 1 is 1.00 bits per heavy atom. The summed E-state index contributed by atoms with van der Waals surface area (Å²) >= 11 is 0. The first-order valence-electron chi connectivity index (χ1n) is 10.3. The Kier molecular flexibility index (Phi) is 9.41. The van der Waals surface area contributed by atoms with Gasteiger partial charge in [0.1, 0.15) is 5.76 Å². The summed E-state index contributed by atoms with van der Waals surface area (Å²) in [7, 11) is -3.44. The van der Waals surface area contributed by atoms with Gasteiger partial charge in [-0.2, -0.15) is 4.31 Å². The molecule has 2 rings (SSSR count). The van der Waals surface area contributed by atoms with Crippen molar-refractivity contribution in [1.82, 2.24) is 9.21 Å². The van der Waals surface area contributed by atoms with E-state index in [-0.39, 0.29) is 18.2 Å². The van der Waals surface area contributed by atoms with Gasteiger partial charge >= 0.3 is 0 Å². The first kappa shape index (κ1) is 23.2. The number of furan rings is 1. The molecule has 0 atom stereocenters. The van der Waals surface area contributed by atoms with Gasteiger partial charge in [-0.25, -0.2) is 8.42 Å². The molecule has 0 bridgehead atoms. The van der Waals surface area contributed by atoms with Crippen LogP contribution in [0.4, 0.5) is 0 Å². The minimum Gasteiger partial charge on any atom is -0.467 e. The van der Waals surface area contributed by atoms with Crippen molar-refractivity contribution in [3.8, 4) is 0 Å². The largest absolute Gasteiger partial charge is 0.467 e. The summed E-state index contributed by atoms with van der Waals surface area (Å²) in [5.41, 5.74) is 1.13. The lowest BCUT2D eigenvalue weighted by molar-refractivity contribution is -0.132. The number of carbonyl (C=O) groups excluding carboxylic acids is 1. The third-order valence-electron chi connectivity index (χ3n) is 4.73. The lowest BCUT2D eigenvalue weighted by Crippen LogP contribution is -2.44. The Morgan fingerprint density at radius 3 is 2.38 bits per heavy atom. The third-order valence-corrected chi connectivity index (χ3v) is 6.63. The molecule has 160 valence electrons. The molecule has 0 spiro atoms. The highest BCUT2D eigenvalue weighted by Crippen LogP contribution is 2.12. The fraction of sp³-hybridized carbons (Fsp3) is 0.500. The van der Waals surface area contributed by atoms with E-state index in [2.05, 4.69) is 0 Å². The zero-order chi connectivity index (χ0) is 21.1. The maximum Gasteiger partial charge on any atom is 0.238 e. The minimum absolute atomic E-state index is 0.0823. The smallest absolute Gasteiger partial charge is 0.238 e. The first-order valence-corrected chi connectivity index (χ1v) is 11.9. The molecule has 1 amide bonds. The van der Waals surface area contributed by atoms with Gasteiger partial charge in [0.05, 0.1) is 25.1 Å². The molecule has 2 aromatic rings. The number of unbranched alkanes of at least 4 members (excludes halogenated alkanes) is 1. The maximum absolute atomic E-state index is 13.1. The molecule has 0 saturated heterocycles. The summed E-state index contributed by atoms with van der Waals surface area (Å²) in [6.07, 6.45) is 4.34. The lowest BCUT2D eigenvalue weighted by Gasteiger charge is -2.26. The second-order valence-corrected chi connectivity index (χ2v) is 9.22. The van der Waals surface area contributed by atoms with Crippen molar-refractivity contribution in [3.63, 3.8) is 0 Å². The van der Waals surface area contributed by atoms with Crippen molar-refractivity contribution < 1.29 is 17.6 Å². The Morgan fingerprint density at radius 2 is 1.76 bits per heavy atom. The second kappa shape index (κ2) is 11.8. The number of carbonyl (C=O) groups is 1. The number of amides is 1. The fourth-order valence-corrected chi connectivity index (χ4v) is 4.74. The molecule has 0 aliphatic rings. The number of rotatable bonds is 13. The van der Waals surface area contributed by atoms with Crippen molar-refractivity contribution in [3.05, 3.63) is 60.1 Å². The maximum atomic E-state index is 13.1. The van der Waals surface area contributed by atoms with Crippen LogP contribution in [0.3, 0.4) is 0 Å². The van der Waals surface area contributed by atoms with Crippen LogP contribution in [0.5, 0.6) is 0 Å². The fourth-order valence-electron chi connectivity index (χ4n) is 3.06. The molecule has 0 saturated carbocycles. The van der Waals surface area contributed by atoms with E-state index in [0.717, 1.165) is 12.0 Å². The Bertz CT molecular complexity index is 820. The van der Waals surface area contributed by atoms with Crippen LogP contribution < -0.4 is 0 Å². The van der Waals surface area contributed by atoms with Crippen LogP contribution in [0.25, 0.3) is 0 Å². The molecule has 6 nitrogen and oxygen atoms in total. The van der Waals surface area contributed by atoms with Gasteiger partial charge in [-0.05, 0) is 37.0 Å². The van der Waals surface area contributed by atoms with Crippen molar-refractivity contribution in [2.75, 3.05) is 25.4 Å². The molecular formula is C22H32N2O4S. The van der Waals surface area contributed by atoms with Gasteiger partial charge < -0.3 is 9.32 Å². The van der Waals surface area contributed by atoms with Gasteiger partial charge in [-0.3, -0.25) is 4.79 Å². The summed E-state index contributed by atoms with van der Waals surface area (Å²) < 4.78 is 32.1. The summed E-state index contributed by atoms with van der Waals surface area (Å²) in [4.78, 5) is 14.8. The quantitative estimate of drug-likeness (QED) is 0.495. The molecular weight excluding hydrogens is 388 g/mol. The average molecular weight is 421 g/mol. The monoisotopic (exact) mass is 420 g/mol. The SMILES string of the molecule is CCCCS(=O)(=O)N(CCC)CC(=O)N(CCc1ccccc1)Cc1ccco1. The molecule has 0 fully saturated rings. The molecule has 0 N–H and O–H groups in total. The number of sulfonamides is 1. The highest BCUT2D eigenvalue weighted by Gasteiger charge is 2.26. The van der Waals surface area contributed by atoms with Crippen LogP contribution in [0.15, 0.2) is 53.1 Å². The van der Waals surface area contributed by atoms with Crippen molar-refractivity contribution in [2.24, 2.45) is 0 Å². The van der Waals surface area contributed by atoms with Crippen LogP contribution in [-0.4, -0.2) is 48.9 Å². The predicted molar refractivity (Wildman–Crippen MR) is 115 cm³/mol. The average Bonchev–Trinajstić information content (AvgIpc) is 3.23. The molecule has 7 heteroatoms. The van der Waals surface area contributed by atoms with E-state index in [4.69, 9.17) is 4.42 Å². The van der Waals surface area contributed by atoms with E-state index < -0.39 is 10.0 Å². The molecule has 0 unspecified atom stereocenters. The van der Waals surface area contributed by atoms with Crippen LogP contribution in [-0.2, 0) is 27.8 Å². The lowest BCUT2D eigenvalue weighted by atomic mass is 10.1. The second-order valence-electron chi connectivity index (χ2n) is 7.13. The zero-order valence-corrected chi connectivity index (χ0v) is 18.2. The Labute approximate surface area is 174 Å². The Hall–Kier alpha value is -2.12. The van der Waals surface area contributed by atoms with Gasteiger partial charge in [-0.15, -0.1) is 0 Å². The number of hydrogen-bond acceptors (Lipinski definition) is 4. The third kappa shape index (κ3) is 7.66. The summed E-state index contributed by atoms with van der Waals surface area (Å²) in [5, 5.41) is 0. The van der Waals surface area contributed by atoms with Crippen molar-refractivity contribution in [1.29, 1.82) is 0 Å². The van der Waals surface area contributed by atoms with Gasteiger partial charge in [0.2, 0.25) is 15.9 Å².